The number of hydrogen-bond donors (Lipinski definition) is 0. The van der Waals surface area contributed by atoms with Crippen LogP contribution in [0.15, 0.2) is 498 Å². The molecule has 0 aliphatic carbocycles. The molecule has 3 unspecified atom stereocenters. The molecule has 15 heteroatoms. The number of fused-ring (bicyclic) bond motifs is 25. The van der Waals surface area contributed by atoms with Crippen molar-refractivity contribution in [3.05, 3.63) is 498 Å². The first-order valence-corrected chi connectivity index (χ1v) is 53.8. The quantitative estimate of drug-likeness (QED) is 0.116. The van der Waals surface area contributed by atoms with Gasteiger partial charge in [-0.25, -0.2) is 29.9 Å². The number of rotatable bonds is 11. The van der Waals surface area contributed by atoms with Gasteiger partial charge < -0.3 is 27.4 Å². The number of para-hydroxylation sites is 6. The smallest absolute Gasteiger partial charge is 0.174 e. The first-order valence-electron chi connectivity index (χ1n) is 48.7. The maximum absolute atomic E-state index is 15.9. The van der Waals surface area contributed by atoms with E-state index >= 15 is 13.7 Å². The molecule has 0 amide bonds. The number of hydrogen-bond acceptors (Lipinski definition) is 9. The van der Waals surface area contributed by atoms with E-state index in [-0.39, 0.29) is 0 Å². The molecule has 0 saturated heterocycles. The molecule has 3 aliphatic heterocycles. The van der Waals surface area contributed by atoms with Gasteiger partial charge in [0.1, 0.15) is 0 Å². The van der Waals surface area contributed by atoms with Crippen LogP contribution in [0.4, 0.5) is 0 Å². The number of benzene rings is 21. The van der Waals surface area contributed by atoms with E-state index in [1.807, 2.05) is 225 Å². The lowest BCUT2D eigenvalue weighted by Crippen LogP contribution is -2.22. The van der Waals surface area contributed by atoms with Crippen molar-refractivity contribution in [1.29, 1.82) is 0 Å². The maximum atomic E-state index is 15.9. The Kier molecular flexibility index (Phi) is 19.9. The van der Waals surface area contributed by atoms with Crippen molar-refractivity contribution in [2.24, 2.45) is 0 Å². The predicted octanol–water partition coefficient (Wildman–Crippen LogP) is 28.5. The summed E-state index contributed by atoms with van der Waals surface area (Å²) in [6.45, 7) is 0. The second-order valence-electron chi connectivity index (χ2n) is 37.1. The van der Waals surface area contributed by atoms with Crippen LogP contribution >= 0.6 is 21.4 Å². The summed E-state index contributed by atoms with van der Waals surface area (Å²) in [5.41, 5.74) is 24.9. The van der Waals surface area contributed by atoms with E-state index in [1.54, 1.807) is 0 Å². The highest BCUT2D eigenvalue weighted by Crippen LogP contribution is 2.59. The van der Waals surface area contributed by atoms with Gasteiger partial charge in [0, 0.05) is 131 Å². The summed E-state index contributed by atoms with van der Waals surface area (Å²) in [6.07, 6.45) is 1.88. The summed E-state index contributed by atoms with van der Waals surface area (Å²) in [7, 11) is -9.60. The highest BCUT2D eigenvalue weighted by atomic mass is 31.2. The molecule has 0 saturated carbocycles. The Morgan fingerprint density at radius 3 is 0.910 bits per heavy atom. The van der Waals surface area contributed by atoms with E-state index in [0.717, 1.165) is 241 Å². The number of nitrogens with zero attached hydrogens (tertiary/aromatic N) is 9. The minimum absolute atomic E-state index is 0.672. The molecule has 0 fully saturated rings. The van der Waals surface area contributed by atoms with E-state index in [9.17, 15) is 0 Å². The molecule has 3 atom stereocenters. The van der Waals surface area contributed by atoms with Crippen LogP contribution in [-0.2, 0) is 13.7 Å². The fourth-order valence-corrected chi connectivity index (χ4v) is 32.6. The van der Waals surface area contributed by atoms with E-state index < -0.39 is 21.4 Å². The monoisotopic (exact) mass is 1910 g/mol. The summed E-state index contributed by atoms with van der Waals surface area (Å²) >= 11 is 0. The third-order valence-corrected chi connectivity index (χ3v) is 38.8. The van der Waals surface area contributed by atoms with Gasteiger partial charge in [-0.15, -0.1) is 0 Å². The fourth-order valence-electron chi connectivity index (χ4n) is 22.8. The minimum atomic E-state index is -3.22. The number of aromatic nitrogens is 9. The summed E-state index contributed by atoms with van der Waals surface area (Å²) in [6, 6.07) is 168. The van der Waals surface area contributed by atoms with Gasteiger partial charge >= 0.3 is 0 Å². The van der Waals surface area contributed by atoms with Crippen LogP contribution < -0.4 is 47.7 Å². The Hall–Kier alpha value is -18.0. The second-order valence-corrected chi connectivity index (χ2v) is 45.1. The summed E-state index contributed by atoms with van der Waals surface area (Å²) < 4.78 is 54.2. The van der Waals surface area contributed by atoms with Gasteiger partial charge in [0.05, 0.1) is 77.0 Å². The van der Waals surface area contributed by atoms with Crippen molar-refractivity contribution in [3.8, 4) is 107 Å². The molecule has 0 spiro atoms. The largest absolute Gasteiger partial charge is 0.309 e. The minimum Gasteiger partial charge on any atom is -0.309 e. The predicted molar refractivity (Wildman–Crippen MR) is 601 cm³/mol. The van der Waals surface area contributed by atoms with Crippen molar-refractivity contribution < 1.29 is 13.7 Å². The van der Waals surface area contributed by atoms with Crippen molar-refractivity contribution in [1.82, 2.24) is 43.6 Å². The van der Waals surface area contributed by atoms with Crippen molar-refractivity contribution in [3.63, 3.8) is 0 Å². The molecule has 9 heterocycles. The van der Waals surface area contributed by atoms with Crippen LogP contribution in [0.25, 0.3) is 216 Å². The van der Waals surface area contributed by atoms with Crippen molar-refractivity contribution in [2.45, 2.75) is 0 Å². The Morgan fingerprint density at radius 1 is 0.186 bits per heavy atom. The molecule has 680 valence electrons. The Labute approximate surface area is 834 Å². The molecule has 27 aromatic rings. The van der Waals surface area contributed by atoms with Crippen LogP contribution in [0, 0.1) is 0 Å². The average molecular weight is 1910 g/mol. The van der Waals surface area contributed by atoms with Crippen molar-refractivity contribution in [2.75, 3.05) is 0 Å². The van der Waals surface area contributed by atoms with E-state index in [2.05, 4.69) is 292 Å². The Morgan fingerprint density at radius 2 is 0.490 bits per heavy atom. The van der Waals surface area contributed by atoms with Gasteiger partial charge in [0.15, 0.2) is 38.9 Å². The standard InChI is InChI=1S/C48H30N3OP.C44H28N3OP.C38H24N3OP/c52-53(34-15-2-1-3-16-34)44-24-11-8-19-37(44)40-30-29-39-36-18-7-10-23-43(36)51(46(39)47(40)53)33-27-25-32(26-28-33)48-49-42-22-9-6-20-41(42)45(50-48)38-21-12-14-31-13-4-5-17-35(31)38;48-49(32-15-5-2-6-16-32)40-22-12-9-18-34(40)36-28-27-35-33-17-8-11-21-39(33)47(42(35)43(36)49)31-25-23-30(24-26-31)44-45-38-20-10-7-19-37(38)41(46-44)29-13-3-1-4-14-29;42-43(28-11-2-1-3-12-28)35-17-9-6-14-30(35)32-23-22-31-29-13-5-8-16-34(29)41(36(31)37(32)43)27-20-18-25(19-21-27)38-39-24-26-10-4-7-15-33(26)40-38/h1-30H;1-28H;1-24H. The zero-order chi connectivity index (χ0) is 96.2. The lowest BCUT2D eigenvalue weighted by molar-refractivity contribution is 0.592. The van der Waals surface area contributed by atoms with E-state index in [1.165, 1.54) is 5.39 Å². The first-order chi connectivity index (χ1) is 71.6. The third-order valence-electron chi connectivity index (χ3n) is 29.3. The Balaban J connectivity index is 0.000000106. The SMILES string of the molecule is O=P1(c2ccccc2)c2ccccc2-c2ccc3c4ccccc4n(-c4ccc(-c5nc(-c6cccc7ccccc67)c6ccccc6n5)cc4)c3c21.O=P1(c2ccccc2)c2ccccc2-c2ccc3c4ccccc4n(-c4ccc(-c5nc(-c6ccccc6)c6ccccc6n5)cc4)c3c21.O=P1(c2ccccc2)c2ccccc2-c2ccc3c4ccccc4n(-c4ccc(-c5ncc6ccccc6n5)cc4)c3c21. The molecular weight excluding hydrogens is 1830 g/mol. The molecule has 21 aromatic carbocycles. The van der Waals surface area contributed by atoms with Gasteiger partial charge in [-0.1, -0.05) is 382 Å². The van der Waals surface area contributed by atoms with Crippen LogP contribution in [0.5, 0.6) is 0 Å². The maximum Gasteiger partial charge on any atom is 0.174 e. The molecule has 0 radical (unpaired) electrons. The topological polar surface area (TPSA) is 143 Å². The lowest BCUT2D eigenvalue weighted by Gasteiger charge is -2.18. The van der Waals surface area contributed by atoms with Gasteiger partial charge in [-0.2, -0.15) is 0 Å². The molecule has 12 nitrogen and oxygen atoms in total. The fraction of sp³-hybridized carbons (Fsp3) is 0. The van der Waals surface area contributed by atoms with Crippen LogP contribution in [0.3, 0.4) is 0 Å². The summed E-state index contributed by atoms with van der Waals surface area (Å²) in [5.74, 6) is 2.04. The van der Waals surface area contributed by atoms with Gasteiger partial charge in [0.25, 0.3) is 0 Å². The van der Waals surface area contributed by atoms with Crippen LogP contribution in [0.2, 0.25) is 0 Å². The highest BCUT2D eigenvalue weighted by molar-refractivity contribution is 7.87. The molecular formula is C130H82N9O3P3. The average Bonchev–Trinajstić information content (AvgIpc) is 1.53. The molecule has 3 aliphatic rings. The van der Waals surface area contributed by atoms with Gasteiger partial charge in [-0.3, -0.25) is 0 Å². The third kappa shape index (κ3) is 13.3. The van der Waals surface area contributed by atoms with E-state index in [4.69, 9.17) is 24.9 Å². The molecule has 0 bridgehead atoms. The zero-order valence-corrected chi connectivity index (χ0v) is 80.6. The normalized spacial score (nSPS) is 15.2. The van der Waals surface area contributed by atoms with Crippen molar-refractivity contribution >= 4 is 178 Å². The molecule has 6 aromatic heterocycles. The zero-order valence-electron chi connectivity index (χ0n) is 77.9. The lowest BCUT2D eigenvalue weighted by atomic mass is 9.99. The first kappa shape index (κ1) is 85.0. The van der Waals surface area contributed by atoms with Gasteiger partial charge in [0.2, 0.25) is 0 Å². The molecule has 145 heavy (non-hydrogen) atoms. The molecule has 30 rings (SSSR count). The second kappa shape index (κ2) is 33.9. The molecule has 0 N–H and O–H groups in total. The van der Waals surface area contributed by atoms with Crippen LogP contribution in [-0.4, -0.2) is 43.6 Å². The summed E-state index contributed by atoms with van der Waals surface area (Å²) in [4.78, 5) is 29.9. The highest BCUT2D eigenvalue weighted by Gasteiger charge is 2.47. The Bertz CT molecular complexity index is 10200. The van der Waals surface area contributed by atoms with E-state index in [0.29, 0.717) is 17.5 Å². The summed E-state index contributed by atoms with van der Waals surface area (Å²) in [5, 5.41) is 20.1. The van der Waals surface area contributed by atoms with Crippen LogP contribution in [0.1, 0.15) is 0 Å². The van der Waals surface area contributed by atoms with Gasteiger partial charge in [-0.05, 0) is 153 Å².